The van der Waals surface area contributed by atoms with E-state index in [2.05, 4.69) is 20.3 Å². The van der Waals surface area contributed by atoms with Gasteiger partial charge < -0.3 is 14.5 Å². The summed E-state index contributed by atoms with van der Waals surface area (Å²) in [6.45, 7) is 2.38. The van der Waals surface area contributed by atoms with Crippen molar-refractivity contribution >= 4 is 5.91 Å². The fourth-order valence-corrected chi connectivity index (χ4v) is 3.29. The number of hydrogen-bond donors (Lipinski definition) is 2. The number of benzene rings is 1. The van der Waals surface area contributed by atoms with Crippen molar-refractivity contribution in [2.75, 3.05) is 6.54 Å². The minimum atomic E-state index is -0.227. The quantitative estimate of drug-likeness (QED) is 0.749. The van der Waals surface area contributed by atoms with Crippen molar-refractivity contribution in [3.05, 3.63) is 47.7 Å². The Hall–Kier alpha value is -3.16. The molecule has 1 aliphatic rings. The molecular formula is C18H19N5O3. The number of phenolic OH excluding ortho intramolecular Hbond substituents is 1. The lowest BCUT2D eigenvalue weighted by Gasteiger charge is -2.32. The van der Waals surface area contributed by atoms with E-state index in [4.69, 9.17) is 4.52 Å². The molecule has 1 aliphatic heterocycles. The van der Waals surface area contributed by atoms with Gasteiger partial charge in [-0.05, 0) is 44.4 Å². The number of para-hydroxylation sites is 1. The number of piperidine rings is 1. The number of rotatable bonds is 3. The molecule has 1 fully saturated rings. The van der Waals surface area contributed by atoms with Gasteiger partial charge in [-0.1, -0.05) is 17.3 Å². The van der Waals surface area contributed by atoms with Crippen molar-refractivity contribution in [3.63, 3.8) is 0 Å². The first-order valence-corrected chi connectivity index (χ1v) is 8.58. The lowest BCUT2D eigenvalue weighted by molar-refractivity contribution is 0.0555. The van der Waals surface area contributed by atoms with Crippen molar-refractivity contribution in [2.45, 2.75) is 32.2 Å². The average Bonchev–Trinajstić information content (AvgIpc) is 3.31. The van der Waals surface area contributed by atoms with Gasteiger partial charge in [0.15, 0.2) is 5.82 Å². The summed E-state index contributed by atoms with van der Waals surface area (Å²) in [5.41, 5.74) is 1.46. The van der Waals surface area contributed by atoms with Gasteiger partial charge in [0, 0.05) is 12.1 Å². The minimum Gasteiger partial charge on any atom is -0.507 e. The third-order valence-electron chi connectivity index (χ3n) is 4.58. The van der Waals surface area contributed by atoms with E-state index in [1.165, 1.54) is 0 Å². The number of aryl methyl sites for hydroxylation is 1. The van der Waals surface area contributed by atoms with Crippen LogP contribution in [0.25, 0.3) is 11.3 Å². The highest BCUT2D eigenvalue weighted by atomic mass is 16.5. The molecule has 0 radical (unpaired) electrons. The number of hydrogen-bond acceptors (Lipinski definition) is 6. The predicted octanol–water partition coefficient (Wildman–Crippen LogP) is 2.84. The summed E-state index contributed by atoms with van der Waals surface area (Å²) in [6.07, 6.45) is 2.71. The molecule has 1 amide bonds. The van der Waals surface area contributed by atoms with Crippen LogP contribution in [0.15, 0.2) is 34.9 Å². The Morgan fingerprint density at radius 3 is 2.96 bits per heavy atom. The van der Waals surface area contributed by atoms with E-state index in [1.807, 2.05) is 6.07 Å². The van der Waals surface area contributed by atoms with Crippen LogP contribution in [0.4, 0.5) is 0 Å². The molecule has 26 heavy (non-hydrogen) atoms. The number of aromatic nitrogens is 4. The predicted molar refractivity (Wildman–Crippen MR) is 92.4 cm³/mol. The van der Waals surface area contributed by atoms with Gasteiger partial charge in [0.2, 0.25) is 5.89 Å². The molecule has 1 aromatic carbocycles. The van der Waals surface area contributed by atoms with Crippen LogP contribution < -0.4 is 0 Å². The van der Waals surface area contributed by atoms with E-state index < -0.39 is 0 Å². The van der Waals surface area contributed by atoms with Gasteiger partial charge in [-0.25, -0.2) is 0 Å². The number of phenols is 1. The summed E-state index contributed by atoms with van der Waals surface area (Å²) in [7, 11) is 0. The first-order chi connectivity index (χ1) is 12.6. The van der Waals surface area contributed by atoms with Gasteiger partial charge in [0.05, 0.1) is 5.69 Å². The topological polar surface area (TPSA) is 108 Å². The molecule has 1 atom stereocenters. The lowest BCUT2D eigenvalue weighted by atomic mass is 10.0. The highest BCUT2D eigenvalue weighted by molar-refractivity contribution is 5.93. The van der Waals surface area contributed by atoms with Gasteiger partial charge in [-0.15, -0.1) is 0 Å². The number of aromatic amines is 1. The monoisotopic (exact) mass is 353 g/mol. The molecular weight excluding hydrogens is 334 g/mol. The van der Waals surface area contributed by atoms with Gasteiger partial charge in [0.1, 0.15) is 17.5 Å². The molecule has 2 N–H and O–H groups in total. The smallest absolute Gasteiger partial charge is 0.272 e. The second-order valence-corrected chi connectivity index (χ2v) is 6.37. The number of carbonyl (C=O) groups excluding carboxylic acids is 1. The lowest BCUT2D eigenvalue weighted by Crippen LogP contribution is -2.38. The summed E-state index contributed by atoms with van der Waals surface area (Å²) in [5, 5.41) is 20.8. The molecule has 4 rings (SSSR count). The summed E-state index contributed by atoms with van der Waals surface area (Å²) >= 11 is 0. The van der Waals surface area contributed by atoms with E-state index in [9.17, 15) is 9.90 Å². The van der Waals surface area contributed by atoms with Crippen LogP contribution >= 0.6 is 0 Å². The maximum Gasteiger partial charge on any atom is 0.272 e. The Balaban J connectivity index is 1.61. The largest absolute Gasteiger partial charge is 0.507 e. The number of nitrogens with zero attached hydrogens (tertiary/aromatic N) is 4. The molecule has 8 nitrogen and oxygen atoms in total. The maximum atomic E-state index is 13.0. The summed E-state index contributed by atoms with van der Waals surface area (Å²) in [4.78, 5) is 19.1. The van der Waals surface area contributed by atoms with E-state index >= 15 is 0 Å². The number of aromatic hydroxyl groups is 1. The Labute approximate surface area is 149 Å². The molecule has 0 saturated carbocycles. The molecule has 0 spiro atoms. The van der Waals surface area contributed by atoms with Gasteiger partial charge in [0.25, 0.3) is 5.91 Å². The molecule has 134 valence electrons. The Bertz CT molecular complexity index is 932. The van der Waals surface area contributed by atoms with Crippen LogP contribution in [0.1, 0.15) is 47.5 Å². The number of H-pyrrole nitrogens is 1. The van der Waals surface area contributed by atoms with Crippen LogP contribution in [0, 0.1) is 6.92 Å². The minimum absolute atomic E-state index is 0.121. The summed E-state index contributed by atoms with van der Waals surface area (Å²) in [6, 6.07) is 8.32. The zero-order valence-corrected chi connectivity index (χ0v) is 14.3. The SMILES string of the molecule is Cc1noc([C@H]2CCCCN2C(=O)c2cc(-c3ccccc3O)n[nH]2)n1. The average molecular weight is 353 g/mol. The molecule has 1 saturated heterocycles. The van der Waals surface area contributed by atoms with Crippen molar-refractivity contribution in [3.8, 4) is 17.0 Å². The zero-order chi connectivity index (χ0) is 18.1. The zero-order valence-electron chi connectivity index (χ0n) is 14.3. The second kappa shape index (κ2) is 6.62. The molecule has 0 bridgehead atoms. The van der Waals surface area contributed by atoms with Gasteiger partial charge >= 0.3 is 0 Å². The normalized spacial score (nSPS) is 17.4. The Morgan fingerprint density at radius 2 is 2.19 bits per heavy atom. The number of likely N-dealkylation sites (tertiary alicyclic amines) is 1. The van der Waals surface area contributed by atoms with Crippen molar-refractivity contribution in [2.24, 2.45) is 0 Å². The van der Waals surface area contributed by atoms with Crippen LogP contribution in [0.2, 0.25) is 0 Å². The van der Waals surface area contributed by atoms with Crippen molar-refractivity contribution < 1.29 is 14.4 Å². The summed E-state index contributed by atoms with van der Waals surface area (Å²) in [5.74, 6) is 0.979. The van der Waals surface area contributed by atoms with Crippen LogP contribution in [-0.4, -0.2) is 42.8 Å². The molecule has 3 aromatic rings. The van der Waals surface area contributed by atoms with Gasteiger partial charge in [-0.3, -0.25) is 9.89 Å². The van der Waals surface area contributed by atoms with Crippen LogP contribution in [0.3, 0.4) is 0 Å². The van der Waals surface area contributed by atoms with Crippen LogP contribution in [-0.2, 0) is 0 Å². The first-order valence-electron chi connectivity index (χ1n) is 8.58. The molecule has 3 heterocycles. The number of carbonyl (C=O) groups is 1. The highest BCUT2D eigenvalue weighted by Crippen LogP contribution is 2.32. The van der Waals surface area contributed by atoms with E-state index in [-0.39, 0.29) is 17.7 Å². The fraction of sp³-hybridized carbons (Fsp3) is 0.333. The molecule has 8 heteroatoms. The first kappa shape index (κ1) is 16.3. The molecule has 0 aliphatic carbocycles. The van der Waals surface area contributed by atoms with E-state index in [0.29, 0.717) is 35.2 Å². The van der Waals surface area contributed by atoms with Crippen LogP contribution in [0.5, 0.6) is 5.75 Å². The summed E-state index contributed by atoms with van der Waals surface area (Å²) < 4.78 is 5.30. The third kappa shape index (κ3) is 2.94. The Kier molecular flexibility index (Phi) is 4.16. The van der Waals surface area contributed by atoms with Crippen molar-refractivity contribution in [1.82, 2.24) is 25.2 Å². The Morgan fingerprint density at radius 1 is 1.35 bits per heavy atom. The van der Waals surface area contributed by atoms with Gasteiger partial charge in [-0.2, -0.15) is 10.1 Å². The standard InChI is InChI=1S/C18H19N5O3/c1-11-19-17(26-22-11)15-7-4-5-9-23(15)18(25)14-10-13(20-21-14)12-6-2-3-8-16(12)24/h2-3,6,8,10,15,24H,4-5,7,9H2,1H3,(H,20,21)/t15-/m1/s1. The fourth-order valence-electron chi connectivity index (χ4n) is 3.29. The van der Waals surface area contributed by atoms with Crippen molar-refractivity contribution in [1.29, 1.82) is 0 Å². The maximum absolute atomic E-state index is 13.0. The second-order valence-electron chi connectivity index (χ2n) is 6.37. The molecule has 2 aromatic heterocycles. The third-order valence-corrected chi connectivity index (χ3v) is 4.58. The van der Waals surface area contributed by atoms with E-state index in [0.717, 1.165) is 19.3 Å². The number of nitrogens with one attached hydrogen (secondary N) is 1. The number of amides is 1. The highest BCUT2D eigenvalue weighted by Gasteiger charge is 2.33. The molecule has 0 unspecified atom stereocenters. The van der Waals surface area contributed by atoms with E-state index in [1.54, 1.807) is 36.1 Å².